The fraction of sp³-hybridized carbons (Fsp3) is 0.207. The molecule has 0 atom stereocenters. The minimum absolute atomic E-state index is 0.0559. The monoisotopic (exact) mass is 559 g/mol. The molecule has 4 aromatic rings. The van der Waals surface area contributed by atoms with Gasteiger partial charge in [0.25, 0.3) is 11.5 Å². The highest BCUT2D eigenvalue weighted by Gasteiger charge is 2.22. The van der Waals surface area contributed by atoms with Gasteiger partial charge in [-0.2, -0.15) is 9.78 Å². The fourth-order valence-electron chi connectivity index (χ4n) is 4.56. The number of nitrogens with zero attached hydrogens (tertiary/aromatic N) is 4. The van der Waals surface area contributed by atoms with E-state index in [-0.39, 0.29) is 24.1 Å². The van der Waals surface area contributed by atoms with Crippen molar-refractivity contribution in [1.29, 1.82) is 0 Å². The Bertz CT molecular complexity index is 1630. The number of benzene rings is 3. The van der Waals surface area contributed by atoms with E-state index in [1.165, 1.54) is 10.9 Å². The van der Waals surface area contributed by atoms with E-state index in [1.807, 2.05) is 11.9 Å². The number of rotatable bonds is 6. The summed E-state index contributed by atoms with van der Waals surface area (Å²) in [7, 11) is 2.04. The number of amides is 1. The van der Waals surface area contributed by atoms with Crippen LogP contribution in [-0.4, -0.2) is 65.5 Å². The lowest BCUT2D eigenvalue weighted by molar-refractivity contribution is 0.0664. The molecule has 1 fully saturated rings. The summed E-state index contributed by atoms with van der Waals surface area (Å²) in [5.74, 6) is 1.73. The van der Waals surface area contributed by atoms with Crippen LogP contribution in [0.2, 0.25) is 5.02 Å². The maximum atomic E-state index is 13.8. The molecule has 2 aliphatic heterocycles. The third-order valence-electron chi connectivity index (χ3n) is 6.74. The van der Waals surface area contributed by atoms with Crippen LogP contribution in [0.25, 0.3) is 5.69 Å². The van der Waals surface area contributed by atoms with Crippen molar-refractivity contribution >= 4 is 28.9 Å². The Hall–Kier alpha value is -4.54. The second-order valence-electron chi connectivity index (χ2n) is 9.50. The number of hydrogen-bond donors (Lipinski definition) is 1. The largest absolute Gasteiger partial charge is 0.454 e. The first-order valence-corrected chi connectivity index (χ1v) is 13.1. The fourth-order valence-corrected chi connectivity index (χ4v) is 4.74. The molecule has 3 aromatic carbocycles. The van der Waals surface area contributed by atoms with E-state index in [4.69, 9.17) is 25.8 Å². The van der Waals surface area contributed by atoms with Gasteiger partial charge in [0, 0.05) is 48.5 Å². The molecule has 0 aliphatic carbocycles. The molecular weight excluding hydrogens is 534 g/mol. The normalized spacial score (nSPS) is 14.7. The molecule has 6 rings (SSSR count). The van der Waals surface area contributed by atoms with Crippen LogP contribution in [0.1, 0.15) is 10.4 Å². The average molecular weight is 560 g/mol. The van der Waals surface area contributed by atoms with Gasteiger partial charge in [0.2, 0.25) is 6.79 Å². The lowest BCUT2D eigenvalue weighted by Gasteiger charge is -2.32. The number of hydrogen-bond acceptors (Lipinski definition) is 8. The topological polar surface area (TPSA) is 98.2 Å². The first-order valence-electron chi connectivity index (χ1n) is 12.8. The van der Waals surface area contributed by atoms with Gasteiger partial charge in [0.15, 0.2) is 22.9 Å². The number of carbonyl (C=O) groups is 1. The Morgan fingerprint density at radius 1 is 0.975 bits per heavy atom. The highest BCUT2D eigenvalue weighted by molar-refractivity contribution is 6.30. The smallest absolute Gasteiger partial charge is 0.299 e. The van der Waals surface area contributed by atoms with E-state index in [0.717, 1.165) is 13.1 Å². The van der Waals surface area contributed by atoms with Gasteiger partial charge in [-0.3, -0.25) is 9.59 Å². The number of likely N-dealkylation sites (N-methyl/N-ethyl adjacent to an activating group) is 1. The summed E-state index contributed by atoms with van der Waals surface area (Å²) in [6.45, 7) is 3.10. The molecule has 204 valence electrons. The number of anilines is 2. The quantitative estimate of drug-likeness (QED) is 0.368. The number of fused-ring (bicyclic) bond motifs is 1. The second-order valence-corrected chi connectivity index (χ2v) is 9.94. The number of aromatic nitrogens is 2. The van der Waals surface area contributed by atoms with Crippen LogP contribution < -0.4 is 25.1 Å². The Balaban J connectivity index is 1.35. The summed E-state index contributed by atoms with van der Waals surface area (Å²) in [6, 6.07) is 19.0. The Kier molecular flexibility index (Phi) is 7.02. The van der Waals surface area contributed by atoms with Crippen LogP contribution >= 0.6 is 11.6 Å². The van der Waals surface area contributed by atoms with E-state index < -0.39 is 5.56 Å². The molecule has 11 heteroatoms. The molecule has 3 heterocycles. The molecule has 0 unspecified atom stereocenters. The van der Waals surface area contributed by atoms with Crippen LogP contribution in [0.4, 0.5) is 11.4 Å². The van der Waals surface area contributed by atoms with Crippen molar-refractivity contribution in [1.82, 2.24) is 19.6 Å². The Labute approximate surface area is 235 Å². The third-order valence-corrected chi connectivity index (χ3v) is 6.97. The summed E-state index contributed by atoms with van der Waals surface area (Å²) in [5, 5.41) is 7.98. The number of ether oxygens (including phenoxy) is 3. The first kappa shape index (κ1) is 25.7. The van der Waals surface area contributed by atoms with E-state index in [2.05, 4.69) is 15.3 Å². The molecule has 0 spiro atoms. The first-order chi connectivity index (χ1) is 19.4. The van der Waals surface area contributed by atoms with E-state index in [0.29, 0.717) is 52.3 Å². The second kappa shape index (κ2) is 10.9. The summed E-state index contributed by atoms with van der Waals surface area (Å²) < 4.78 is 18.2. The number of carbonyl (C=O) groups excluding carboxylic acids is 1. The molecule has 2 aliphatic rings. The summed E-state index contributed by atoms with van der Waals surface area (Å²) in [5.41, 5.74) is 1.25. The highest BCUT2D eigenvalue weighted by Crippen LogP contribution is 2.38. The van der Waals surface area contributed by atoms with Gasteiger partial charge >= 0.3 is 0 Å². The number of nitrogens with one attached hydrogen (secondary N) is 1. The predicted molar refractivity (Wildman–Crippen MR) is 151 cm³/mol. The molecule has 0 bridgehead atoms. The predicted octanol–water partition coefficient (Wildman–Crippen LogP) is 4.54. The summed E-state index contributed by atoms with van der Waals surface area (Å²) in [4.78, 5) is 31.0. The summed E-state index contributed by atoms with van der Waals surface area (Å²) in [6.07, 6.45) is 1.45. The molecule has 1 aromatic heterocycles. The van der Waals surface area contributed by atoms with Crippen molar-refractivity contribution in [3.8, 4) is 28.7 Å². The SMILES string of the molecule is CN1CCN(C(=O)c2cccc(Nc3c(Oc4ccc5c(c4)OCO5)cnn(-c4cccc(Cl)c4)c3=O)c2)CC1. The van der Waals surface area contributed by atoms with Crippen LogP contribution in [0, 0.1) is 0 Å². The number of halogens is 1. The minimum Gasteiger partial charge on any atom is -0.454 e. The van der Waals surface area contributed by atoms with Gasteiger partial charge in [0.1, 0.15) is 5.75 Å². The van der Waals surface area contributed by atoms with E-state index in [1.54, 1.807) is 66.7 Å². The standard InChI is InChI=1S/C29H26ClN5O5/c1-33-10-12-34(13-11-33)28(36)19-4-2-6-21(14-19)32-27-26(40-23-8-9-24-25(16-23)39-18-38-24)17-31-35(29(27)37)22-7-3-5-20(30)15-22/h2-9,14-17,32H,10-13,18H2,1H3. The van der Waals surface area contributed by atoms with Crippen molar-refractivity contribution in [3.63, 3.8) is 0 Å². The van der Waals surface area contributed by atoms with Crippen LogP contribution in [0.15, 0.2) is 77.7 Å². The third kappa shape index (κ3) is 5.31. The maximum absolute atomic E-state index is 13.8. The molecule has 40 heavy (non-hydrogen) atoms. The lowest BCUT2D eigenvalue weighted by Crippen LogP contribution is -2.47. The molecule has 0 radical (unpaired) electrons. The summed E-state index contributed by atoms with van der Waals surface area (Å²) >= 11 is 6.18. The molecule has 1 amide bonds. The van der Waals surface area contributed by atoms with E-state index in [9.17, 15) is 9.59 Å². The van der Waals surface area contributed by atoms with Crippen LogP contribution in [-0.2, 0) is 0 Å². The van der Waals surface area contributed by atoms with E-state index >= 15 is 0 Å². The molecule has 0 saturated carbocycles. The van der Waals surface area contributed by atoms with Gasteiger partial charge in [-0.25, -0.2) is 0 Å². The van der Waals surface area contributed by atoms with Crippen molar-refractivity contribution < 1.29 is 19.0 Å². The Morgan fingerprint density at radius 3 is 2.60 bits per heavy atom. The van der Waals surface area contributed by atoms with Crippen molar-refractivity contribution in [2.75, 3.05) is 45.3 Å². The molecule has 1 N–H and O–H groups in total. The molecule has 1 saturated heterocycles. The zero-order valence-electron chi connectivity index (χ0n) is 21.7. The van der Waals surface area contributed by atoms with Gasteiger partial charge in [-0.1, -0.05) is 23.7 Å². The molecule has 10 nitrogen and oxygen atoms in total. The zero-order chi connectivity index (χ0) is 27.6. The lowest BCUT2D eigenvalue weighted by atomic mass is 10.1. The van der Waals surface area contributed by atoms with Gasteiger partial charge in [-0.15, -0.1) is 0 Å². The maximum Gasteiger partial charge on any atom is 0.299 e. The van der Waals surface area contributed by atoms with Crippen LogP contribution in [0.5, 0.6) is 23.0 Å². The minimum atomic E-state index is -0.462. The van der Waals surface area contributed by atoms with Crippen molar-refractivity contribution in [2.45, 2.75) is 0 Å². The van der Waals surface area contributed by atoms with Gasteiger partial charge < -0.3 is 29.3 Å². The Morgan fingerprint density at radius 2 is 1.77 bits per heavy atom. The van der Waals surface area contributed by atoms with Crippen LogP contribution in [0.3, 0.4) is 0 Å². The number of piperazine rings is 1. The zero-order valence-corrected chi connectivity index (χ0v) is 22.4. The van der Waals surface area contributed by atoms with Gasteiger partial charge in [0.05, 0.1) is 11.9 Å². The highest BCUT2D eigenvalue weighted by atomic mass is 35.5. The van der Waals surface area contributed by atoms with Gasteiger partial charge in [-0.05, 0) is 55.6 Å². The average Bonchev–Trinajstić information content (AvgIpc) is 3.43. The van der Waals surface area contributed by atoms with Crippen molar-refractivity contribution in [3.05, 3.63) is 93.9 Å². The molecular formula is C29H26ClN5O5. The van der Waals surface area contributed by atoms with Crippen molar-refractivity contribution in [2.24, 2.45) is 0 Å².